The highest BCUT2D eigenvalue weighted by atomic mass is 35.5. The van der Waals surface area contributed by atoms with E-state index in [0.29, 0.717) is 16.4 Å². The molecule has 0 aromatic carbocycles. The summed E-state index contributed by atoms with van der Waals surface area (Å²) in [6, 6.07) is 5.07. The molecule has 2 aromatic heterocycles. The molecule has 1 amide bonds. The Labute approximate surface area is 116 Å². The third-order valence-electron chi connectivity index (χ3n) is 2.40. The van der Waals surface area contributed by atoms with Gasteiger partial charge in [-0.3, -0.25) is 9.78 Å². The lowest BCUT2D eigenvalue weighted by molar-refractivity contribution is 0.102. The van der Waals surface area contributed by atoms with Crippen LogP contribution in [0.25, 0.3) is 0 Å². The largest absolute Gasteiger partial charge is 0.385 e. The van der Waals surface area contributed by atoms with Gasteiger partial charge in [0.25, 0.3) is 5.91 Å². The lowest BCUT2D eigenvalue weighted by Crippen LogP contribution is -2.15. The summed E-state index contributed by atoms with van der Waals surface area (Å²) in [5.41, 5.74) is 1.21. The molecule has 5 nitrogen and oxygen atoms in total. The van der Waals surface area contributed by atoms with E-state index in [2.05, 4.69) is 20.6 Å². The van der Waals surface area contributed by atoms with Gasteiger partial charge in [0.2, 0.25) is 0 Å². The summed E-state index contributed by atoms with van der Waals surface area (Å²) >= 11 is 5.74. The van der Waals surface area contributed by atoms with E-state index < -0.39 is 0 Å². The molecule has 19 heavy (non-hydrogen) atoms. The maximum atomic E-state index is 12.1. The summed E-state index contributed by atoms with van der Waals surface area (Å²) < 4.78 is 0. The first kappa shape index (κ1) is 13.3. The van der Waals surface area contributed by atoms with Gasteiger partial charge in [-0.25, -0.2) is 4.98 Å². The second-order valence-electron chi connectivity index (χ2n) is 3.77. The maximum absolute atomic E-state index is 12.1. The van der Waals surface area contributed by atoms with Crippen LogP contribution in [0.5, 0.6) is 0 Å². The van der Waals surface area contributed by atoms with Gasteiger partial charge in [-0.2, -0.15) is 0 Å². The molecular formula is C13H13ClN4O. The zero-order valence-electron chi connectivity index (χ0n) is 10.4. The summed E-state index contributed by atoms with van der Waals surface area (Å²) in [6.45, 7) is 2.69. The van der Waals surface area contributed by atoms with Crippen LogP contribution in [-0.4, -0.2) is 22.4 Å². The molecule has 2 aromatic rings. The van der Waals surface area contributed by atoms with Gasteiger partial charge in [0, 0.05) is 25.1 Å². The Balaban J connectivity index is 2.18. The van der Waals surface area contributed by atoms with Crippen molar-refractivity contribution in [3.63, 3.8) is 0 Å². The zero-order valence-corrected chi connectivity index (χ0v) is 11.1. The van der Waals surface area contributed by atoms with Gasteiger partial charge in [-0.05, 0) is 25.1 Å². The SMILES string of the molecule is CCNc1ccncc1C(=O)Nc1ccc(Cl)cn1. The van der Waals surface area contributed by atoms with E-state index in [1.54, 1.807) is 24.4 Å². The number of amides is 1. The number of rotatable bonds is 4. The van der Waals surface area contributed by atoms with Crippen molar-refractivity contribution >= 4 is 29.0 Å². The molecule has 6 heteroatoms. The minimum atomic E-state index is -0.265. The fraction of sp³-hybridized carbons (Fsp3) is 0.154. The number of aromatic nitrogens is 2. The third kappa shape index (κ3) is 3.42. The van der Waals surface area contributed by atoms with Crippen molar-refractivity contribution in [3.05, 3.63) is 47.4 Å². The molecule has 0 unspecified atom stereocenters. The number of anilines is 2. The van der Waals surface area contributed by atoms with E-state index in [1.165, 1.54) is 12.4 Å². The highest BCUT2D eigenvalue weighted by Gasteiger charge is 2.11. The number of pyridine rings is 2. The molecular weight excluding hydrogens is 264 g/mol. The van der Waals surface area contributed by atoms with Crippen LogP contribution in [0.4, 0.5) is 11.5 Å². The molecule has 0 atom stereocenters. The summed E-state index contributed by atoms with van der Waals surface area (Å²) in [7, 11) is 0. The van der Waals surface area contributed by atoms with Crippen molar-refractivity contribution in [2.75, 3.05) is 17.2 Å². The van der Waals surface area contributed by atoms with Crippen LogP contribution in [0.15, 0.2) is 36.8 Å². The molecule has 0 saturated heterocycles. The smallest absolute Gasteiger partial charge is 0.260 e. The fourth-order valence-corrected chi connectivity index (χ4v) is 1.67. The van der Waals surface area contributed by atoms with E-state index in [9.17, 15) is 4.79 Å². The van der Waals surface area contributed by atoms with Crippen molar-refractivity contribution in [2.24, 2.45) is 0 Å². The van der Waals surface area contributed by atoms with Crippen molar-refractivity contribution in [1.29, 1.82) is 0 Å². The molecule has 0 bridgehead atoms. The van der Waals surface area contributed by atoms with Crippen LogP contribution < -0.4 is 10.6 Å². The van der Waals surface area contributed by atoms with Crippen LogP contribution in [-0.2, 0) is 0 Å². The van der Waals surface area contributed by atoms with Gasteiger partial charge in [0.15, 0.2) is 0 Å². The van der Waals surface area contributed by atoms with Gasteiger partial charge < -0.3 is 10.6 Å². The average Bonchev–Trinajstić information content (AvgIpc) is 2.42. The number of halogens is 1. The Morgan fingerprint density at radius 1 is 1.32 bits per heavy atom. The molecule has 0 aliphatic heterocycles. The molecule has 2 heterocycles. The molecule has 2 rings (SSSR count). The van der Waals surface area contributed by atoms with Gasteiger partial charge >= 0.3 is 0 Å². The minimum absolute atomic E-state index is 0.265. The Hall–Kier alpha value is -2.14. The first-order valence-electron chi connectivity index (χ1n) is 5.81. The average molecular weight is 277 g/mol. The van der Waals surface area contributed by atoms with E-state index in [1.807, 2.05) is 6.92 Å². The predicted molar refractivity (Wildman–Crippen MR) is 75.6 cm³/mol. The van der Waals surface area contributed by atoms with Gasteiger partial charge in [0.05, 0.1) is 16.3 Å². The number of hydrogen-bond donors (Lipinski definition) is 2. The van der Waals surface area contributed by atoms with E-state index >= 15 is 0 Å². The maximum Gasteiger partial charge on any atom is 0.260 e. The van der Waals surface area contributed by atoms with Gasteiger partial charge in [-0.15, -0.1) is 0 Å². The lowest BCUT2D eigenvalue weighted by atomic mass is 10.2. The van der Waals surface area contributed by atoms with Crippen LogP contribution in [0, 0.1) is 0 Å². The summed E-state index contributed by atoms with van der Waals surface area (Å²) in [5, 5.41) is 6.33. The molecule has 98 valence electrons. The Morgan fingerprint density at radius 3 is 2.84 bits per heavy atom. The normalized spacial score (nSPS) is 10.0. The van der Waals surface area contributed by atoms with Crippen LogP contribution in [0.1, 0.15) is 17.3 Å². The Bertz CT molecular complexity index is 571. The molecule has 0 saturated carbocycles. The van der Waals surface area contributed by atoms with Crippen molar-refractivity contribution in [3.8, 4) is 0 Å². The topological polar surface area (TPSA) is 66.9 Å². The fourth-order valence-electron chi connectivity index (χ4n) is 1.55. The molecule has 0 aliphatic rings. The summed E-state index contributed by atoms with van der Waals surface area (Å²) in [5.74, 6) is 0.180. The van der Waals surface area contributed by atoms with Crippen LogP contribution in [0.3, 0.4) is 0 Å². The first-order valence-corrected chi connectivity index (χ1v) is 6.19. The number of carbonyl (C=O) groups excluding carboxylic acids is 1. The Kier molecular flexibility index (Phi) is 4.30. The molecule has 0 aliphatic carbocycles. The molecule has 2 N–H and O–H groups in total. The quantitative estimate of drug-likeness (QED) is 0.901. The standard InChI is InChI=1S/C13H13ClN4O/c1-2-16-11-5-6-15-8-10(11)13(19)18-12-4-3-9(14)7-17-12/h3-8H,2H2,1H3,(H,15,16)(H,17,18,19). The van der Waals surface area contributed by atoms with E-state index in [-0.39, 0.29) is 5.91 Å². The van der Waals surface area contributed by atoms with Crippen molar-refractivity contribution < 1.29 is 4.79 Å². The first-order chi connectivity index (χ1) is 9.20. The second kappa shape index (κ2) is 6.15. The predicted octanol–water partition coefficient (Wildman–Crippen LogP) is 2.81. The monoisotopic (exact) mass is 276 g/mol. The van der Waals surface area contributed by atoms with Gasteiger partial charge in [-0.1, -0.05) is 11.6 Å². The van der Waals surface area contributed by atoms with E-state index in [4.69, 9.17) is 11.6 Å². The highest BCUT2D eigenvalue weighted by Crippen LogP contribution is 2.16. The summed E-state index contributed by atoms with van der Waals surface area (Å²) in [4.78, 5) is 20.1. The second-order valence-corrected chi connectivity index (χ2v) is 4.20. The van der Waals surface area contributed by atoms with Crippen LogP contribution >= 0.6 is 11.6 Å². The molecule has 0 fully saturated rings. The Morgan fingerprint density at radius 2 is 2.16 bits per heavy atom. The van der Waals surface area contributed by atoms with Crippen molar-refractivity contribution in [1.82, 2.24) is 9.97 Å². The third-order valence-corrected chi connectivity index (χ3v) is 2.63. The number of nitrogens with one attached hydrogen (secondary N) is 2. The molecule has 0 radical (unpaired) electrons. The minimum Gasteiger partial charge on any atom is -0.385 e. The number of carbonyl (C=O) groups is 1. The molecule has 0 spiro atoms. The van der Waals surface area contributed by atoms with E-state index in [0.717, 1.165) is 12.2 Å². The van der Waals surface area contributed by atoms with Crippen molar-refractivity contribution in [2.45, 2.75) is 6.92 Å². The highest BCUT2D eigenvalue weighted by molar-refractivity contribution is 6.30. The van der Waals surface area contributed by atoms with Gasteiger partial charge in [0.1, 0.15) is 5.82 Å². The lowest BCUT2D eigenvalue weighted by Gasteiger charge is -2.09. The zero-order chi connectivity index (χ0) is 13.7. The summed E-state index contributed by atoms with van der Waals surface area (Å²) in [6.07, 6.45) is 4.63. The number of hydrogen-bond acceptors (Lipinski definition) is 4. The van der Waals surface area contributed by atoms with Crippen LogP contribution in [0.2, 0.25) is 5.02 Å². The number of nitrogens with zero attached hydrogens (tertiary/aromatic N) is 2.